The third-order valence-electron chi connectivity index (χ3n) is 4.49. The number of aryl methyl sites for hydroxylation is 3. The molecular formula is C18H21N5O2. The van der Waals surface area contributed by atoms with Crippen LogP contribution < -0.4 is 0 Å². The fraction of sp³-hybridized carbons (Fsp3) is 0.389. The Bertz CT molecular complexity index is 942. The summed E-state index contributed by atoms with van der Waals surface area (Å²) in [7, 11) is 1.95. The molecule has 0 bridgehead atoms. The summed E-state index contributed by atoms with van der Waals surface area (Å²) in [5, 5.41) is 0. The monoisotopic (exact) mass is 339 g/mol. The van der Waals surface area contributed by atoms with Crippen molar-refractivity contribution in [3.8, 4) is 0 Å². The number of fused-ring (bicyclic) bond motifs is 1. The van der Waals surface area contributed by atoms with Crippen LogP contribution in [0, 0.1) is 13.8 Å². The Kier molecular flexibility index (Phi) is 3.80. The molecule has 4 rings (SSSR count). The van der Waals surface area contributed by atoms with E-state index in [9.17, 15) is 4.79 Å². The highest BCUT2D eigenvalue weighted by molar-refractivity contribution is 5.93. The lowest BCUT2D eigenvalue weighted by atomic mass is 10.2. The normalized spacial score (nSPS) is 18.0. The van der Waals surface area contributed by atoms with Gasteiger partial charge in [0.15, 0.2) is 0 Å². The lowest BCUT2D eigenvalue weighted by Crippen LogP contribution is -2.43. The maximum atomic E-state index is 12.9. The molecule has 0 aromatic carbocycles. The topological polar surface area (TPSA) is 64.7 Å². The maximum absolute atomic E-state index is 12.9. The van der Waals surface area contributed by atoms with Crippen molar-refractivity contribution in [2.45, 2.75) is 20.0 Å². The van der Waals surface area contributed by atoms with Crippen molar-refractivity contribution in [2.75, 3.05) is 19.7 Å². The number of amides is 1. The Morgan fingerprint density at radius 2 is 2.04 bits per heavy atom. The second-order valence-corrected chi connectivity index (χ2v) is 6.56. The van der Waals surface area contributed by atoms with E-state index >= 15 is 0 Å². The first-order valence-corrected chi connectivity index (χ1v) is 8.37. The Labute approximate surface area is 145 Å². The van der Waals surface area contributed by atoms with E-state index in [1.165, 1.54) is 0 Å². The third-order valence-corrected chi connectivity index (χ3v) is 4.49. The van der Waals surface area contributed by atoms with E-state index in [-0.39, 0.29) is 12.0 Å². The Morgan fingerprint density at radius 3 is 2.80 bits per heavy atom. The van der Waals surface area contributed by atoms with Gasteiger partial charge in [-0.25, -0.2) is 9.97 Å². The molecule has 25 heavy (non-hydrogen) atoms. The van der Waals surface area contributed by atoms with Gasteiger partial charge in [-0.15, -0.1) is 0 Å². The van der Waals surface area contributed by atoms with Crippen LogP contribution >= 0.6 is 0 Å². The van der Waals surface area contributed by atoms with E-state index < -0.39 is 0 Å². The lowest BCUT2D eigenvalue weighted by molar-refractivity contribution is -0.0281. The molecule has 1 atom stereocenters. The molecule has 1 fully saturated rings. The van der Waals surface area contributed by atoms with Gasteiger partial charge < -0.3 is 18.6 Å². The molecule has 7 nitrogen and oxygen atoms in total. The van der Waals surface area contributed by atoms with Crippen LogP contribution in [0.25, 0.3) is 5.65 Å². The molecule has 1 saturated heterocycles. The molecule has 0 aliphatic carbocycles. The van der Waals surface area contributed by atoms with Crippen LogP contribution in [0.4, 0.5) is 0 Å². The lowest BCUT2D eigenvalue weighted by Gasteiger charge is -2.32. The van der Waals surface area contributed by atoms with Crippen LogP contribution in [0.3, 0.4) is 0 Å². The number of pyridine rings is 1. The van der Waals surface area contributed by atoms with Gasteiger partial charge in [0.25, 0.3) is 5.91 Å². The molecule has 0 spiro atoms. The SMILES string of the molecule is Cc1ccc2nc(C(=O)N3CCOC(c4nc(C)cn4C)C3)cn2c1. The first-order chi connectivity index (χ1) is 12.0. The Balaban J connectivity index is 1.57. The molecule has 0 radical (unpaired) electrons. The maximum Gasteiger partial charge on any atom is 0.274 e. The summed E-state index contributed by atoms with van der Waals surface area (Å²) in [6.45, 7) is 5.51. The Hall–Kier alpha value is -2.67. The van der Waals surface area contributed by atoms with E-state index in [2.05, 4.69) is 9.97 Å². The number of hydrogen-bond acceptors (Lipinski definition) is 4. The standard InChI is InChI=1S/C18H21N5O2/c1-12-4-5-16-20-14(10-23(16)8-12)18(24)22-6-7-25-15(11-22)17-19-13(2)9-21(17)3/h4-5,8-10,15H,6-7,11H2,1-3H3. The highest BCUT2D eigenvalue weighted by Gasteiger charge is 2.29. The van der Waals surface area contributed by atoms with Crippen LogP contribution in [0.2, 0.25) is 0 Å². The van der Waals surface area contributed by atoms with Crippen molar-refractivity contribution in [3.63, 3.8) is 0 Å². The minimum Gasteiger partial charge on any atom is -0.367 e. The number of ether oxygens (including phenoxy) is 1. The molecule has 0 saturated carbocycles. The Morgan fingerprint density at radius 1 is 1.20 bits per heavy atom. The number of rotatable bonds is 2. The molecule has 3 aromatic rings. The van der Waals surface area contributed by atoms with Crippen LogP contribution in [0.1, 0.15) is 33.7 Å². The molecule has 3 aromatic heterocycles. The molecule has 1 aliphatic rings. The smallest absolute Gasteiger partial charge is 0.274 e. The fourth-order valence-corrected chi connectivity index (χ4v) is 3.29. The van der Waals surface area contributed by atoms with E-state index in [4.69, 9.17) is 4.74 Å². The molecule has 130 valence electrons. The van der Waals surface area contributed by atoms with Gasteiger partial charge in [0.1, 0.15) is 23.3 Å². The molecule has 1 amide bonds. The summed E-state index contributed by atoms with van der Waals surface area (Å²) in [6.07, 6.45) is 5.51. The molecular weight excluding hydrogens is 318 g/mol. The number of aromatic nitrogens is 4. The van der Waals surface area contributed by atoms with Crippen LogP contribution in [0.15, 0.2) is 30.7 Å². The van der Waals surface area contributed by atoms with Gasteiger partial charge in [-0.3, -0.25) is 4.79 Å². The quantitative estimate of drug-likeness (QED) is 0.715. The van der Waals surface area contributed by atoms with Crippen molar-refractivity contribution in [2.24, 2.45) is 7.05 Å². The van der Waals surface area contributed by atoms with Crippen molar-refractivity contribution in [3.05, 3.63) is 53.5 Å². The predicted octanol–water partition coefficient (Wildman–Crippen LogP) is 1.90. The van der Waals surface area contributed by atoms with Gasteiger partial charge in [0.05, 0.1) is 18.8 Å². The summed E-state index contributed by atoms with van der Waals surface area (Å²) in [5.41, 5.74) is 3.31. The van der Waals surface area contributed by atoms with Crippen LogP contribution in [0.5, 0.6) is 0 Å². The summed E-state index contributed by atoms with van der Waals surface area (Å²) in [6, 6.07) is 3.91. The van der Waals surface area contributed by atoms with Gasteiger partial charge in [-0.1, -0.05) is 6.07 Å². The van der Waals surface area contributed by atoms with Gasteiger partial charge >= 0.3 is 0 Å². The predicted molar refractivity (Wildman–Crippen MR) is 92.5 cm³/mol. The van der Waals surface area contributed by atoms with Crippen molar-refractivity contribution >= 4 is 11.6 Å². The minimum atomic E-state index is -0.212. The summed E-state index contributed by atoms with van der Waals surface area (Å²) in [4.78, 5) is 23.7. The zero-order valence-corrected chi connectivity index (χ0v) is 14.6. The van der Waals surface area contributed by atoms with Crippen molar-refractivity contribution in [1.29, 1.82) is 0 Å². The van der Waals surface area contributed by atoms with Gasteiger partial charge in [-0.05, 0) is 25.5 Å². The average Bonchev–Trinajstić information content (AvgIpc) is 3.16. The largest absolute Gasteiger partial charge is 0.367 e. The second-order valence-electron chi connectivity index (χ2n) is 6.56. The summed E-state index contributed by atoms with van der Waals surface area (Å²) in [5.74, 6) is 0.779. The number of nitrogens with zero attached hydrogens (tertiary/aromatic N) is 5. The number of hydrogen-bond donors (Lipinski definition) is 0. The fourth-order valence-electron chi connectivity index (χ4n) is 3.29. The van der Waals surface area contributed by atoms with E-state index in [0.717, 1.165) is 22.7 Å². The van der Waals surface area contributed by atoms with Gasteiger partial charge in [-0.2, -0.15) is 0 Å². The third kappa shape index (κ3) is 2.91. The van der Waals surface area contributed by atoms with Crippen LogP contribution in [-0.2, 0) is 11.8 Å². The minimum absolute atomic E-state index is 0.0689. The summed E-state index contributed by atoms with van der Waals surface area (Å²) < 4.78 is 9.70. The number of imidazole rings is 2. The zero-order chi connectivity index (χ0) is 17.6. The molecule has 4 heterocycles. The molecule has 0 N–H and O–H groups in total. The van der Waals surface area contributed by atoms with Gasteiger partial charge in [0, 0.05) is 32.2 Å². The van der Waals surface area contributed by atoms with E-state index in [0.29, 0.717) is 25.4 Å². The first-order valence-electron chi connectivity index (χ1n) is 8.37. The molecule has 7 heteroatoms. The second kappa shape index (κ2) is 6.00. The van der Waals surface area contributed by atoms with E-state index in [1.54, 1.807) is 11.1 Å². The number of carbonyl (C=O) groups is 1. The van der Waals surface area contributed by atoms with Crippen LogP contribution in [-0.4, -0.2) is 49.4 Å². The van der Waals surface area contributed by atoms with E-state index in [1.807, 2.05) is 54.4 Å². The highest BCUT2D eigenvalue weighted by Crippen LogP contribution is 2.22. The average molecular weight is 339 g/mol. The molecule has 1 unspecified atom stereocenters. The van der Waals surface area contributed by atoms with Crippen molar-refractivity contribution in [1.82, 2.24) is 23.8 Å². The zero-order valence-electron chi connectivity index (χ0n) is 14.6. The van der Waals surface area contributed by atoms with Gasteiger partial charge in [0.2, 0.25) is 0 Å². The van der Waals surface area contributed by atoms with Crippen molar-refractivity contribution < 1.29 is 9.53 Å². The molecule has 1 aliphatic heterocycles. The number of morpholine rings is 1. The summed E-state index contributed by atoms with van der Waals surface area (Å²) >= 11 is 0. The first kappa shape index (κ1) is 15.8. The highest BCUT2D eigenvalue weighted by atomic mass is 16.5. The number of carbonyl (C=O) groups excluding carboxylic acids is 1.